The lowest BCUT2D eigenvalue weighted by Gasteiger charge is -2.25. The van der Waals surface area contributed by atoms with Gasteiger partial charge in [0.2, 0.25) is 5.91 Å². The van der Waals surface area contributed by atoms with E-state index in [1.807, 2.05) is 46.1 Å². The van der Waals surface area contributed by atoms with Crippen molar-refractivity contribution in [2.24, 2.45) is 11.1 Å². The third-order valence-electron chi connectivity index (χ3n) is 3.46. The molecule has 0 bridgehead atoms. The van der Waals surface area contributed by atoms with Gasteiger partial charge in [-0.15, -0.1) is 0 Å². The summed E-state index contributed by atoms with van der Waals surface area (Å²) in [6.07, 6.45) is 0.729. The third kappa shape index (κ3) is 4.33. The Hall–Kier alpha value is -1.39. The molecule has 0 radical (unpaired) electrons. The van der Waals surface area contributed by atoms with E-state index in [-0.39, 0.29) is 5.91 Å². The molecular formula is C15H25N3O. The van der Waals surface area contributed by atoms with E-state index in [1.165, 1.54) is 5.56 Å². The molecule has 1 rings (SSSR count). The lowest BCUT2D eigenvalue weighted by molar-refractivity contribution is -0.124. The number of carbonyl (C=O) groups is 1. The van der Waals surface area contributed by atoms with Crippen LogP contribution < -0.4 is 11.1 Å². The Kier molecular flexibility index (Phi) is 5.51. The Bertz CT molecular complexity index is 425. The fourth-order valence-corrected chi connectivity index (χ4v) is 1.79. The summed E-state index contributed by atoms with van der Waals surface area (Å²) in [5.41, 5.74) is 7.20. The molecule has 0 heterocycles. The Morgan fingerprint density at radius 2 is 2.11 bits per heavy atom. The molecule has 0 spiro atoms. The van der Waals surface area contributed by atoms with Crippen molar-refractivity contribution in [1.29, 1.82) is 0 Å². The van der Waals surface area contributed by atoms with Crippen molar-refractivity contribution in [3.8, 4) is 0 Å². The Labute approximate surface area is 116 Å². The van der Waals surface area contributed by atoms with E-state index in [9.17, 15) is 4.79 Å². The summed E-state index contributed by atoms with van der Waals surface area (Å²) in [4.78, 5) is 14.3. The summed E-state index contributed by atoms with van der Waals surface area (Å²) in [5.74, 6) is -0.0143. The molecule has 0 aliphatic carbocycles. The van der Waals surface area contributed by atoms with Gasteiger partial charge in [-0.25, -0.2) is 0 Å². The predicted octanol–water partition coefficient (Wildman–Crippen LogP) is 2.06. The maximum Gasteiger partial charge on any atom is 0.231 e. The maximum absolute atomic E-state index is 12.2. The molecule has 1 aromatic carbocycles. The monoisotopic (exact) mass is 263 g/mol. The van der Waals surface area contributed by atoms with E-state index in [0.29, 0.717) is 6.54 Å². The second kappa shape index (κ2) is 6.68. The molecule has 0 aromatic heterocycles. The van der Waals surface area contributed by atoms with Gasteiger partial charge in [-0.2, -0.15) is 0 Å². The summed E-state index contributed by atoms with van der Waals surface area (Å²) in [6.45, 7) is 5.08. The van der Waals surface area contributed by atoms with Crippen molar-refractivity contribution in [2.75, 3.05) is 26.0 Å². The number of benzene rings is 1. The first-order valence-corrected chi connectivity index (χ1v) is 6.66. The summed E-state index contributed by atoms with van der Waals surface area (Å²) in [7, 11) is 4.04. The van der Waals surface area contributed by atoms with E-state index in [4.69, 9.17) is 5.73 Å². The molecule has 19 heavy (non-hydrogen) atoms. The van der Waals surface area contributed by atoms with Crippen LogP contribution in [0.3, 0.4) is 0 Å². The molecule has 106 valence electrons. The highest BCUT2D eigenvalue weighted by Crippen LogP contribution is 2.22. The smallest absolute Gasteiger partial charge is 0.231 e. The molecule has 3 N–H and O–H groups in total. The number of anilines is 1. The van der Waals surface area contributed by atoms with Gasteiger partial charge >= 0.3 is 0 Å². The molecule has 1 amide bonds. The summed E-state index contributed by atoms with van der Waals surface area (Å²) >= 11 is 0. The molecule has 0 fully saturated rings. The van der Waals surface area contributed by atoms with Crippen LogP contribution in [0.2, 0.25) is 0 Å². The van der Waals surface area contributed by atoms with Crippen LogP contribution in [0.15, 0.2) is 24.3 Å². The fraction of sp³-hybridized carbons (Fsp3) is 0.533. The van der Waals surface area contributed by atoms with E-state index in [1.54, 1.807) is 0 Å². The third-order valence-corrected chi connectivity index (χ3v) is 3.46. The number of rotatable bonds is 6. The number of carbonyl (C=O) groups excluding carboxylic acids is 1. The minimum atomic E-state index is -0.502. The zero-order valence-corrected chi connectivity index (χ0v) is 12.4. The van der Waals surface area contributed by atoms with Crippen LogP contribution in [0.1, 0.15) is 25.8 Å². The van der Waals surface area contributed by atoms with Crippen LogP contribution in [0.25, 0.3) is 0 Å². The van der Waals surface area contributed by atoms with Gasteiger partial charge in [-0.05, 0) is 45.1 Å². The van der Waals surface area contributed by atoms with E-state index in [2.05, 4.69) is 16.3 Å². The number of nitrogens with two attached hydrogens (primary N) is 1. The van der Waals surface area contributed by atoms with E-state index < -0.39 is 5.41 Å². The van der Waals surface area contributed by atoms with Crippen molar-refractivity contribution in [3.05, 3.63) is 29.8 Å². The lowest BCUT2D eigenvalue weighted by Crippen LogP contribution is -2.39. The van der Waals surface area contributed by atoms with Crippen molar-refractivity contribution < 1.29 is 4.79 Å². The average molecular weight is 263 g/mol. The number of hydrogen-bond acceptors (Lipinski definition) is 3. The highest BCUT2D eigenvalue weighted by Gasteiger charge is 2.29. The van der Waals surface area contributed by atoms with Gasteiger partial charge in [0.1, 0.15) is 0 Å². The molecular weight excluding hydrogens is 238 g/mol. The Balaban J connectivity index is 2.79. The molecule has 0 saturated carbocycles. The van der Waals surface area contributed by atoms with Gasteiger partial charge in [0, 0.05) is 18.8 Å². The fourth-order valence-electron chi connectivity index (χ4n) is 1.79. The molecule has 1 unspecified atom stereocenters. The molecule has 0 aliphatic heterocycles. The van der Waals surface area contributed by atoms with Crippen LogP contribution in [0.4, 0.5) is 5.69 Å². The topological polar surface area (TPSA) is 58.4 Å². The minimum absolute atomic E-state index is 0.0143. The van der Waals surface area contributed by atoms with Crippen LogP contribution in [0, 0.1) is 5.41 Å². The molecule has 1 atom stereocenters. The van der Waals surface area contributed by atoms with Crippen LogP contribution in [0.5, 0.6) is 0 Å². The van der Waals surface area contributed by atoms with Crippen molar-refractivity contribution in [1.82, 2.24) is 4.90 Å². The molecule has 0 saturated heterocycles. The summed E-state index contributed by atoms with van der Waals surface area (Å²) in [6, 6.07) is 7.92. The minimum Gasteiger partial charge on any atom is -0.329 e. The SMILES string of the molecule is CCC(C)(CN)C(=O)Nc1cccc(CN(C)C)c1. The predicted molar refractivity (Wildman–Crippen MR) is 79.9 cm³/mol. The van der Waals surface area contributed by atoms with Crippen LogP contribution in [-0.4, -0.2) is 31.4 Å². The highest BCUT2D eigenvalue weighted by molar-refractivity contribution is 5.95. The van der Waals surface area contributed by atoms with Gasteiger partial charge in [-0.1, -0.05) is 19.1 Å². The Morgan fingerprint density at radius 1 is 1.42 bits per heavy atom. The molecule has 1 aromatic rings. The number of hydrogen-bond donors (Lipinski definition) is 2. The molecule has 4 nitrogen and oxygen atoms in total. The highest BCUT2D eigenvalue weighted by atomic mass is 16.2. The quantitative estimate of drug-likeness (QED) is 0.826. The average Bonchev–Trinajstić information content (AvgIpc) is 2.37. The maximum atomic E-state index is 12.2. The number of nitrogens with zero attached hydrogens (tertiary/aromatic N) is 1. The standard InChI is InChI=1S/C15H25N3O/c1-5-15(2,11-16)14(19)17-13-8-6-7-12(9-13)10-18(3)4/h6-9H,5,10-11,16H2,1-4H3,(H,17,19). The first-order valence-electron chi connectivity index (χ1n) is 6.66. The van der Waals surface area contributed by atoms with Crippen LogP contribution >= 0.6 is 0 Å². The number of amides is 1. The van der Waals surface area contributed by atoms with E-state index >= 15 is 0 Å². The zero-order valence-electron chi connectivity index (χ0n) is 12.4. The molecule has 4 heteroatoms. The van der Waals surface area contributed by atoms with Gasteiger partial charge in [0.15, 0.2) is 0 Å². The normalized spacial score (nSPS) is 14.2. The molecule has 0 aliphatic rings. The van der Waals surface area contributed by atoms with Gasteiger partial charge in [-0.3, -0.25) is 4.79 Å². The van der Waals surface area contributed by atoms with E-state index in [0.717, 1.165) is 18.7 Å². The lowest BCUT2D eigenvalue weighted by atomic mass is 9.86. The first-order chi connectivity index (χ1) is 8.91. The summed E-state index contributed by atoms with van der Waals surface area (Å²) in [5, 5.41) is 2.96. The largest absolute Gasteiger partial charge is 0.329 e. The first kappa shape index (κ1) is 15.7. The second-order valence-corrected chi connectivity index (χ2v) is 5.51. The second-order valence-electron chi connectivity index (χ2n) is 5.51. The van der Waals surface area contributed by atoms with Gasteiger partial charge in [0.25, 0.3) is 0 Å². The zero-order chi connectivity index (χ0) is 14.5. The van der Waals surface area contributed by atoms with Crippen molar-refractivity contribution in [2.45, 2.75) is 26.8 Å². The van der Waals surface area contributed by atoms with Crippen molar-refractivity contribution in [3.63, 3.8) is 0 Å². The number of nitrogens with one attached hydrogen (secondary N) is 1. The van der Waals surface area contributed by atoms with Gasteiger partial charge < -0.3 is 16.0 Å². The van der Waals surface area contributed by atoms with Crippen LogP contribution in [-0.2, 0) is 11.3 Å². The Morgan fingerprint density at radius 3 is 2.63 bits per heavy atom. The van der Waals surface area contributed by atoms with Crippen molar-refractivity contribution >= 4 is 11.6 Å². The van der Waals surface area contributed by atoms with Gasteiger partial charge in [0.05, 0.1) is 5.41 Å². The summed E-state index contributed by atoms with van der Waals surface area (Å²) < 4.78 is 0.